The molecule has 0 radical (unpaired) electrons. The van der Waals surface area contributed by atoms with Crippen LogP contribution in [0.4, 0.5) is 11.4 Å². The zero-order valence-corrected chi connectivity index (χ0v) is 22.4. The third kappa shape index (κ3) is 3.49. The summed E-state index contributed by atoms with van der Waals surface area (Å²) in [4.78, 5) is 72.2. The van der Waals surface area contributed by atoms with Gasteiger partial charge in [0, 0.05) is 17.4 Å². The largest absolute Gasteiger partial charge is 0.423 e. The molecular weight excluding hydrogens is 520 g/mol. The number of anilines is 2. The lowest BCUT2D eigenvalue weighted by Gasteiger charge is -2.46. The maximum atomic E-state index is 14.1. The summed E-state index contributed by atoms with van der Waals surface area (Å²) < 4.78 is 5.66. The maximum Gasteiger partial charge on any atom is 0.339 e. The molecular formula is C33H26N2O6. The molecule has 4 atom stereocenters. The molecule has 0 aromatic heterocycles. The lowest BCUT2D eigenvalue weighted by molar-refractivity contribution is -0.142. The van der Waals surface area contributed by atoms with Crippen molar-refractivity contribution in [3.63, 3.8) is 0 Å². The molecule has 2 bridgehead atoms. The van der Waals surface area contributed by atoms with E-state index >= 15 is 0 Å². The zero-order chi connectivity index (χ0) is 28.6. The van der Waals surface area contributed by atoms with Gasteiger partial charge in [0.2, 0.25) is 23.6 Å². The Morgan fingerprint density at radius 1 is 0.585 bits per heavy atom. The lowest BCUT2D eigenvalue weighted by Crippen LogP contribution is -2.53. The highest BCUT2D eigenvalue weighted by molar-refractivity contribution is 6.27. The molecule has 41 heavy (non-hydrogen) atoms. The fourth-order valence-electron chi connectivity index (χ4n) is 7.31. The van der Waals surface area contributed by atoms with Crippen LogP contribution in [0.15, 0.2) is 90.5 Å². The molecule has 0 unspecified atom stereocenters. The molecule has 4 amide bonds. The van der Waals surface area contributed by atoms with Gasteiger partial charge in [-0.25, -0.2) is 14.6 Å². The molecule has 3 fully saturated rings. The third-order valence-electron chi connectivity index (χ3n) is 9.03. The first-order valence-corrected chi connectivity index (χ1v) is 13.7. The minimum atomic E-state index is -0.984. The smallest absolute Gasteiger partial charge is 0.339 e. The van der Waals surface area contributed by atoms with E-state index in [1.54, 1.807) is 60.7 Å². The lowest BCUT2D eigenvalue weighted by atomic mass is 9.52. The molecule has 0 spiro atoms. The first-order valence-electron chi connectivity index (χ1n) is 13.7. The van der Waals surface area contributed by atoms with Crippen LogP contribution in [0.1, 0.15) is 11.1 Å². The van der Waals surface area contributed by atoms with E-state index in [1.807, 2.05) is 38.1 Å². The van der Waals surface area contributed by atoms with Crippen LogP contribution >= 0.6 is 0 Å². The number of esters is 1. The van der Waals surface area contributed by atoms with Gasteiger partial charge in [-0.05, 0) is 49.2 Å². The quantitative estimate of drug-likeness (QED) is 0.279. The van der Waals surface area contributed by atoms with E-state index < -0.39 is 65.1 Å². The third-order valence-corrected chi connectivity index (χ3v) is 9.03. The average Bonchev–Trinajstić information content (AvgIpc) is 3.40. The monoisotopic (exact) mass is 546 g/mol. The number of allylic oxidation sites excluding steroid dienone is 1. The first-order chi connectivity index (χ1) is 19.8. The van der Waals surface area contributed by atoms with Gasteiger partial charge >= 0.3 is 5.97 Å². The second-order valence-corrected chi connectivity index (χ2v) is 11.1. The van der Waals surface area contributed by atoms with Crippen LogP contribution in [0.25, 0.3) is 0 Å². The van der Waals surface area contributed by atoms with Gasteiger partial charge in [-0.2, -0.15) is 0 Å². The van der Waals surface area contributed by atoms with Gasteiger partial charge < -0.3 is 4.74 Å². The summed E-state index contributed by atoms with van der Waals surface area (Å²) in [5.41, 5.74) is 2.59. The van der Waals surface area contributed by atoms with Crippen molar-refractivity contribution in [2.24, 2.45) is 35.5 Å². The maximum absolute atomic E-state index is 14.1. The Morgan fingerprint density at radius 2 is 1.02 bits per heavy atom. The summed E-state index contributed by atoms with van der Waals surface area (Å²) in [6, 6.07) is 22.7. The van der Waals surface area contributed by atoms with Crippen molar-refractivity contribution in [2.45, 2.75) is 13.8 Å². The second-order valence-electron chi connectivity index (χ2n) is 11.1. The van der Waals surface area contributed by atoms with Crippen molar-refractivity contribution in [3.05, 3.63) is 102 Å². The molecule has 0 N–H and O–H groups in total. The highest BCUT2D eigenvalue weighted by Crippen LogP contribution is 2.61. The molecule has 8 heteroatoms. The fourth-order valence-corrected chi connectivity index (χ4v) is 7.31. The van der Waals surface area contributed by atoms with Gasteiger partial charge in [-0.3, -0.25) is 19.2 Å². The number of para-hydroxylation sites is 3. The second kappa shape index (κ2) is 9.09. The fraction of sp³-hybridized carbons (Fsp3) is 0.242. The molecule has 2 heterocycles. The Morgan fingerprint density at radius 3 is 1.51 bits per heavy atom. The van der Waals surface area contributed by atoms with Crippen LogP contribution in [0, 0.1) is 49.4 Å². The highest BCUT2D eigenvalue weighted by atomic mass is 16.5. The van der Waals surface area contributed by atoms with E-state index in [2.05, 4.69) is 0 Å². The topological polar surface area (TPSA) is 101 Å². The van der Waals surface area contributed by atoms with E-state index in [4.69, 9.17) is 4.74 Å². The summed E-state index contributed by atoms with van der Waals surface area (Å²) in [5, 5.41) is 0. The van der Waals surface area contributed by atoms with Crippen molar-refractivity contribution in [1.82, 2.24) is 0 Å². The number of hydrogen-bond acceptors (Lipinski definition) is 6. The minimum Gasteiger partial charge on any atom is -0.423 e. The number of aryl methyl sites for hydroxylation is 2. The number of hydrogen-bond donors (Lipinski definition) is 0. The molecule has 1 saturated carbocycles. The average molecular weight is 547 g/mol. The van der Waals surface area contributed by atoms with Crippen molar-refractivity contribution >= 4 is 41.0 Å². The SMILES string of the molecule is Cc1ccccc1N1C(=O)[C@@H]2C3C=C(C(=O)Oc4ccccc4)C([C@H]2C1=O)[C@H]1C(=O)N(c2ccccc2C)C(=O)[C@H]31. The number of rotatable bonds is 4. The van der Waals surface area contributed by atoms with Crippen molar-refractivity contribution < 1.29 is 28.7 Å². The number of imide groups is 2. The van der Waals surface area contributed by atoms with Gasteiger partial charge in [0.15, 0.2) is 0 Å². The normalized spacial score (nSPS) is 28.1. The van der Waals surface area contributed by atoms with Gasteiger partial charge in [-0.15, -0.1) is 0 Å². The van der Waals surface area contributed by atoms with Gasteiger partial charge in [-0.1, -0.05) is 60.7 Å². The minimum absolute atomic E-state index is 0.168. The van der Waals surface area contributed by atoms with Crippen LogP contribution in [-0.4, -0.2) is 29.6 Å². The van der Waals surface area contributed by atoms with E-state index in [0.717, 1.165) is 11.1 Å². The number of amides is 4. The summed E-state index contributed by atoms with van der Waals surface area (Å²) in [5.74, 6) is -7.59. The van der Waals surface area contributed by atoms with Gasteiger partial charge in [0.25, 0.3) is 0 Å². The molecule has 5 aliphatic rings. The Labute approximate surface area is 236 Å². The van der Waals surface area contributed by atoms with Crippen LogP contribution in [0.3, 0.4) is 0 Å². The molecule has 2 aliphatic heterocycles. The van der Waals surface area contributed by atoms with Crippen molar-refractivity contribution in [1.29, 1.82) is 0 Å². The van der Waals surface area contributed by atoms with E-state index in [-0.39, 0.29) is 5.57 Å². The summed E-state index contributed by atoms with van der Waals surface area (Å²) in [6.07, 6.45) is 1.62. The van der Waals surface area contributed by atoms with E-state index in [9.17, 15) is 24.0 Å². The molecule has 8 rings (SSSR count). The van der Waals surface area contributed by atoms with Gasteiger partial charge in [0.05, 0.1) is 35.0 Å². The van der Waals surface area contributed by atoms with Crippen LogP contribution in [-0.2, 0) is 24.0 Å². The Bertz CT molecular complexity index is 1600. The van der Waals surface area contributed by atoms with Gasteiger partial charge in [0.1, 0.15) is 5.75 Å². The van der Waals surface area contributed by atoms with Crippen LogP contribution < -0.4 is 14.5 Å². The molecule has 3 aliphatic carbocycles. The standard InChI is InChI=1S/C33H26N2O6/c1-17-10-6-8-14-22(17)34-29(36)25-20-16-21(33(40)41-19-12-4-3-5-13-19)24(27(25)31(34)38)28-26(20)30(37)35(32(28)39)23-15-9-7-11-18(23)2/h3-16,20,24-28H,1-2H3/t20?,24?,25-,26-,27-,28-/m1/s1. The number of ether oxygens (including phenoxy) is 1. The molecule has 3 aromatic carbocycles. The molecule has 204 valence electrons. The number of nitrogens with zero attached hydrogens (tertiary/aromatic N) is 2. The van der Waals surface area contributed by atoms with Crippen LogP contribution in [0.2, 0.25) is 0 Å². The summed E-state index contributed by atoms with van der Waals surface area (Å²) in [7, 11) is 0. The van der Waals surface area contributed by atoms with Crippen molar-refractivity contribution in [3.8, 4) is 5.75 Å². The van der Waals surface area contributed by atoms with Crippen molar-refractivity contribution in [2.75, 3.05) is 9.80 Å². The molecule has 8 nitrogen and oxygen atoms in total. The molecule has 3 aromatic rings. The van der Waals surface area contributed by atoms with E-state index in [1.165, 1.54) is 9.80 Å². The molecule has 2 saturated heterocycles. The number of benzene rings is 3. The summed E-state index contributed by atoms with van der Waals surface area (Å²) >= 11 is 0. The zero-order valence-electron chi connectivity index (χ0n) is 22.4. The first kappa shape index (κ1) is 25.1. The summed E-state index contributed by atoms with van der Waals surface area (Å²) in [6.45, 7) is 3.63. The highest BCUT2D eigenvalue weighted by Gasteiger charge is 2.71. The Kier molecular flexibility index (Phi) is 5.57. The number of carbonyl (C=O) groups is 5. The number of carbonyl (C=O) groups excluding carboxylic acids is 5. The Balaban J connectivity index is 1.35. The predicted octanol–water partition coefficient (Wildman–Crippen LogP) is 4.01. The Hall–Kier alpha value is -4.85. The van der Waals surface area contributed by atoms with Crippen LogP contribution in [0.5, 0.6) is 5.75 Å². The van der Waals surface area contributed by atoms with E-state index in [0.29, 0.717) is 17.1 Å². The predicted molar refractivity (Wildman–Crippen MR) is 148 cm³/mol.